The van der Waals surface area contributed by atoms with Gasteiger partial charge in [-0.05, 0) is 54.4 Å². The number of allylic oxidation sites excluding steroid dienone is 1. The standard InChI is InChI=1S/C27H23BrN2O4/c1-2-3-14-32-20-10-6-17(7-11-20)25-22-13-12-21(15-24(22)34-26(30)23(25)16-29)33-27(31)18-4-8-19(28)9-5-18/h4-13,15,25H,2-3,14,30H2,1H3. The first-order chi connectivity index (χ1) is 16.5. The molecule has 1 atom stereocenters. The van der Waals surface area contributed by atoms with Crippen molar-refractivity contribution in [3.63, 3.8) is 0 Å². The van der Waals surface area contributed by atoms with E-state index in [9.17, 15) is 10.1 Å². The molecule has 7 heteroatoms. The number of hydrogen-bond donors (Lipinski definition) is 1. The van der Waals surface area contributed by atoms with Crippen LogP contribution >= 0.6 is 15.9 Å². The van der Waals surface area contributed by atoms with Crippen LogP contribution < -0.4 is 19.9 Å². The highest BCUT2D eigenvalue weighted by molar-refractivity contribution is 9.10. The van der Waals surface area contributed by atoms with Crippen molar-refractivity contribution in [1.82, 2.24) is 0 Å². The number of unbranched alkanes of at least 4 members (excludes halogenated alkanes) is 1. The number of fused-ring (bicyclic) bond motifs is 1. The Balaban J connectivity index is 1.60. The Morgan fingerprint density at radius 1 is 1.09 bits per heavy atom. The van der Waals surface area contributed by atoms with E-state index in [1.54, 1.807) is 42.5 Å². The van der Waals surface area contributed by atoms with Crippen molar-refractivity contribution in [3.05, 3.63) is 99.3 Å². The molecule has 0 bridgehead atoms. The number of benzene rings is 3. The molecule has 1 aliphatic rings. The fourth-order valence-corrected chi connectivity index (χ4v) is 3.95. The zero-order valence-corrected chi connectivity index (χ0v) is 20.2. The fraction of sp³-hybridized carbons (Fsp3) is 0.185. The van der Waals surface area contributed by atoms with E-state index in [0.717, 1.165) is 34.2 Å². The van der Waals surface area contributed by atoms with Crippen molar-refractivity contribution in [2.24, 2.45) is 5.73 Å². The molecule has 2 N–H and O–H groups in total. The van der Waals surface area contributed by atoms with Crippen LogP contribution in [0.3, 0.4) is 0 Å². The van der Waals surface area contributed by atoms with Gasteiger partial charge in [-0.25, -0.2) is 4.79 Å². The third-order valence-corrected chi connectivity index (χ3v) is 5.99. The lowest BCUT2D eigenvalue weighted by Crippen LogP contribution is -2.21. The van der Waals surface area contributed by atoms with Crippen LogP contribution in [-0.4, -0.2) is 12.6 Å². The third-order valence-electron chi connectivity index (χ3n) is 5.46. The van der Waals surface area contributed by atoms with E-state index in [2.05, 4.69) is 28.9 Å². The molecule has 3 aromatic rings. The van der Waals surface area contributed by atoms with E-state index in [4.69, 9.17) is 19.9 Å². The Bertz CT molecular complexity index is 1260. The number of nitriles is 1. The summed E-state index contributed by atoms with van der Waals surface area (Å²) in [6.07, 6.45) is 2.05. The van der Waals surface area contributed by atoms with E-state index < -0.39 is 11.9 Å². The van der Waals surface area contributed by atoms with Gasteiger partial charge in [-0.15, -0.1) is 0 Å². The molecule has 0 fully saturated rings. The number of carbonyl (C=O) groups excluding carboxylic acids is 1. The topological polar surface area (TPSA) is 94.6 Å². The number of nitrogens with two attached hydrogens (primary N) is 1. The summed E-state index contributed by atoms with van der Waals surface area (Å²) in [6.45, 7) is 2.77. The normalized spacial score (nSPS) is 14.6. The smallest absolute Gasteiger partial charge is 0.343 e. The summed E-state index contributed by atoms with van der Waals surface area (Å²) >= 11 is 3.35. The van der Waals surface area contributed by atoms with Crippen LogP contribution in [0.4, 0.5) is 0 Å². The Morgan fingerprint density at radius 3 is 2.47 bits per heavy atom. The molecule has 172 valence electrons. The molecule has 4 rings (SSSR count). The van der Waals surface area contributed by atoms with E-state index in [1.165, 1.54) is 0 Å². The lowest BCUT2D eigenvalue weighted by molar-refractivity contribution is 0.0734. The minimum absolute atomic E-state index is 0.0275. The zero-order chi connectivity index (χ0) is 24.1. The van der Waals surface area contributed by atoms with Crippen LogP contribution in [0.2, 0.25) is 0 Å². The van der Waals surface area contributed by atoms with Gasteiger partial charge in [-0.2, -0.15) is 5.26 Å². The van der Waals surface area contributed by atoms with Crippen LogP contribution in [0, 0.1) is 11.3 Å². The van der Waals surface area contributed by atoms with E-state index in [1.807, 2.05) is 24.3 Å². The molecule has 0 radical (unpaired) electrons. The summed E-state index contributed by atoms with van der Waals surface area (Å²) < 4.78 is 17.9. The second-order valence-corrected chi connectivity index (χ2v) is 8.71. The van der Waals surface area contributed by atoms with Crippen LogP contribution in [-0.2, 0) is 0 Å². The molecule has 0 spiro atoms. The van der Waals surface area contributed by atoms with Crippen molar-refractivity contribution in [2.75, 3.05) is 6.61 Å². The van der Waals surface area contributed by atoms with E-state index in [0.29, 0.717) is 29.2 Å². The first-order valence-corrected chi connectivity index (χ1v) is 11.7. The van der Waals surface area contributed by atoms with Gasteiger partial charge in [0.25, 0.3) is 0 Å². The predicted octanol–water partition coefficient (Wildman–Crippen LogP) is 6.07. The predicted molar refractivity (Wildman–Crippen MR) is 132 cm³/mol. The maximum absolute atomic E-state index is 12.5. The molecule has 0 aromatic heterocycles. The number of esters is 1. The monoisotopic (exact) mass is 518 g/mol. The average Bonchev–Trinajstić information content (AvgIpc) is 2.84. The summed E-state index contributed by atoms with van der Waals surface area (Å²) in [5, 5.41) is 9.77. The first kappa shape index (κ1) is 23.4. The molecular weight excluding hydrogens is 496 g/mol. The average molecular weight is 519 g/mol. The van der Waals surface area contributed by atoms with Gasteiger partial charge in [0, 0.05) is 16.1 Å². The van der Waals surface area contributed by atoms with Crippen LogP contribution in [0.25, 0.3) is 0 Å². The van der Waals surface area contributed by atoms with Gasteiger partial charge in [0.2, 0.25) is 5.88 Å². The maximum Gasteiger partial charge on any atom is 0.343 e. The summed E-state index contributed by atoms with van der Waals surface area (Å²) in [4.78, 5) is 12.5. The fourth-order valence-electron chi connectivity index (χ4n) is 3.68. The minimum Gasteiger partial charge on any atom is -0.494 e. The summed E-state index contributed by atoms with van der Waals surface area (Å²) in [6, 6.07) is 21.8. The molecule has 0 saturated carbocycles. The van der Waals surface area contributed by atoms with E-state index in [-0.39, 0.29) is 5.88 Å². The van der Waals surface area contributed by atoms with Crippen LogP contribution in [0.15, 0.2) is 82.7 Å². The molecule has 1 unspecified atom stereocenters. The third kappa shape index (κ3) is 5.08. The van der Waals surface area contributed by atoms with Gasteiger partial charge in [0.05, 0.1) is 18.1 Å². The lowest BCUT2D eigenvalue weighted by Gasteiger charge is -2.26. The Kier molecular flexibility index (Phi) is 7.19. The molecule has 1 heterocycles. The molecule has 1 aliphatic heterocycles. The molecular formula is C27H23BrN2O4. The molecule has 0 saturated heterocycles. The van der Waals surface area contributed by atoms with Gasteiger partial charge >= 0.3 is 5.97 Å². The number of ether oxygens (including phenoxy) is 3. The number of hydrogen-bond acceptors (Lipinski definition) is 6. The highest BCUT2D eigenvalue weighted by Gasteiger charge is 2.31. The quantitative estimate of drug-likeness (QED) is 0.232. The van der Waals surface area contributed by atoms with Crippen molar-refractivity contribution in [1.29, 1.82) is 5.26 Å². The highest BCUT2D eigenvalue weighted by Crippen LogP contribution is 2.43. The molecule has 0 amide bonds. The Labute approximate surface area is 206 Å². The van der Waals surface area contributed by atoms with Crippen LogP contribution in [0.5, 0.6) is 17.2 Å². The van der Waals surface area contributed by atoms with Gasteiger partial charge in [0.15, 0.2) is 0 Å². The van der Waals surface area contributed by atoms with Crippen molar-refractivity contribution in [2.45, 2.75) is 25.7 Å². The number of nitrogens with zero attached hydrogens (tertiary/aromatic N) is 1. The summed E-state index contributed by atoms with van der Waals surface area (Å²) in [5.74, 6) is 0.661. The Morgan fingerprint density at radius 2 is 1.79 bits per heavy atom. The maximum atomic E-state index is 12.5. The Hall–Kier alpha value is -3.76. The number of halogens is 1. The second-order valence-electron chi connectivity index (χ2n) is 7.79. The number of rotatable bonds is 7. The van der Waals surface area contributed by atoms with Crippen molar-refractivity contribution >= 4 is 21.9 Å². The van der Waals surface area contributed by atoms with Gasteiger partial charge in [-0.3, -0.25) is 0 Å². The van der Waals surface area contributed by atoms with Gasteiger partial charge in [0.1, 0.15) is 28.9 Å². The molecule has 0 aliphatic carbocycles. The highest BCUT2D eigenvalue weighted by atomic mass is 79.9. The van der Waals surface area contributed by atoms with Gasteiger partial charge < -0.3 is 19.9 Å². The zero-order valence-electron chi connectivity index (χ0n) is 18.6. The van der Waals surface area contributed by atoms with Gasteiger partial charge in [-0.1, -0.05) is 47.5 Å². The van der Waals surface area contributed by atoms with Crippen LogP contribution in [0.1, 0.15) is 47.2 Å². The van der Waals surface area contributed by atoms with Crippen molar-refractivity contribution in [3.8, 4) is 23.3 Å². The number of carbonyl (C=O) groups is 1. The van der Waals surface area contributed by atoms with E-state index >= 15 is 0 Å². The second kappa shape index (κ2) is 10.4. The largest absolute Gasteiger partial charge is 0.494 e. The minimum atomic E-state index is -0.486. The summed E-state index contributed by atoms with van der Waals surface area (Å²) in [7, 11) is 0. The molecule has 6 nitrogen and oxygen atoms in total. The SMILES string of the molecule is CCCCOc1ccc(C2C(C#N)=C(N)Oc3cc(OC(=O)c4ccc(Br)cc4)ccc32)cc1. The lowest BCUT2D eigenvalue weighted by atomic mass is 9.83. The van der Waals surface area contributed by atoms with Crippen molar-refractivity contribution < 1.29 is 19.0 Å². The molecule has 3 aromatic carbocycles. The molecule has 34 heavy (non-hydrogen) atoms. The first-order valence-electron chi connectivity index (χ1n) is 10.9. The summed E-state index contributed by atoms with van der Waals surface area (Å²) in [5.41, 5.74) is 8.49.